The van der Waals surface area contributed by atoms with Gasteiger partial charge in [0.1, 0.15) is 11.9 Å². The number of methoxy groups -OCH3 is 1. The van der Waals surface area contributed by atoms with Gasteiger partial charge in [0.15, 0.2) is 0 Å². The van der Waals surface area contributed by atoms with Crippen molar-refractivity contribution in [3.8, 4) is 5.75 Å². The number of hydrogen-bond donors (Lipinski definition) is 1. The third-order valence-corrected chi connectivity index (χ3v) is 3.20. The van der Waals surface area contributed by atoms with E-state index in [1.165, 1.54) is 0 Å². The second kappa shape index (κ2) is 5.87. The molecule has 0 spiro atoms. The largest absolute Gasteiger partial charge is 0.497 e. The van der Waals surface area contributed by atoms with E-state index in [4.69, 9.17) is 9.47 Å². The minimum Gasteiger partial charge on any atom is -0.497 e. The first kappa shape index (κ1) is 12.9. The molecule has 1 aromatic rings. The smallest absolute Gasteiger partial charge is 0.249 e. The van der Waals surface area contributed by atoms with Gasteiger partial charge in [0.2, 0.25) is 5.91 Å². The molecule has 0 saturated carbocycles. The molecule has 1 aromatic carbocycles. The molecule has 1 amide bonds. The van der Waals surface area contributed by atoms with Crippen molar-refractivity contribution in [2.45, 2.75) is 31.9 Å². The van der Waals surface area contributed by atoms with Gasteiger partial charge in [0.05, 0.1) is 13.2 Å². The van der Waals surface area contributed by atoms with Gasteiger partial charge in [-0.25, -0.2) is 0 Å². The van der Waals surface area contributed by atoms with Crippen LogP contribution < -0.4 is 10.1 Å². The molecule has 0 bridgehead atoms. The van der Waals surface area contributed by atoms with Crippen LogP contribution in [0.2, 0.25) is 0 Å². The number of rotatable bonds is 4. The maximum Gasteiger partial charge on any atom is 0.249 e. The summed E-state index contributed by atoms with van der Waals surface area (Å²) in [6, 6.07) is 7.68. The van der Waals surface area contributed by atoms with Gasteiger partial charge >= 0.3 is 0 Å². The van der Waals surface area contributed by atoms with Crippen molar-refractivity contribution in [2.75, 3.05) is 13.7 Å². The van der Waals surface area contributed by atoms with E-state index in [9.17, 15) is 4.79 Å². The summed E-state index contributed by atoms with van der Waals surface area (Å²) < 4.78 is 10.5. The average Bonchev–Trinajstić information content (AvgIpc) is 2.92. The summed E-state index contributed by atoms with van der Waals surface area (Å²) in [6.07, 6.45) is 1.52. The number of benzene rings is 1. The van der Waals surface area contributed by atoms with E-state index in [1.807, 2.05) is 31.2 Å². The summed E-state index contributed by atoms with van der Waals surface area (Å²) in [5, 5.41) is 2.97. The third kappa shape index (κ3) is 3.01. The normalized spacial score (nSPS) is 20.4. The Balaban J connectivity index is 1.93. The molecule has 98 valence electrons. The second-order valence-corrected chi connectivity index (χ2v) is 4.51. The predicted octanol–water partition coefficient (Wildman–Crippen LogP) is 2.05. The van der Waals surface area contributed by atoms with Gasteiger partial charge in [-0.15, -0.1) is 0 Å². The van der Waals surface area contributed by atoms with Crippen LogP contribution in [0.25, 0.3) is 0 Å². The van der Waals surface area contributed by atoms with Gasteiger partial charge in [-0.2, -0.15) is 0 Å². The zero-order valence-corrected chi connectivity index (χ0v) is 10.8. The van der Waals surface area contributed by atoms with Crippen molar-refractivity contribution >= 4 is 5.91 Å². The van der Waals surface area contributed by atoms with Crippen LogP contribution in [0, 0.1) is 0 Å². The predicted molar refractivity (Wildman–Crippen MR) is 68.5 cm³/mol. The molecular formula is C14H19NO3. The molecule has 4 heteroatoms. The number of hydrogen-bond acceptors (Lipinski definition) is 3. The average molecular weight is 249 g/mol. The lowest BCUT2D eigenvalue weighted by atomic mass is 10.1. The van der Waals surface area contributed by atoms with Crippen LogP contribution in [0.3, 0.4) is 0 Å². The number of amides is 1. The van der Waals surface area contributed by atoms with Gasteiger partial charge in [-0.1, -0.05) is 12.1 Å². The highest BCUT2D eigenvalue weighted by Crippen LogP contribution is 2.18. The summed E-state index contributed by atoms with van der Waals surface area (Å²) >= 11 is 0. The van der Waals surface area contributed by atoms with E-state index >= 15 is 0 Å². The van der Waals surface area contributed by atoms with Crippen LogP contribution in [0.15, 0.2) is 24.3 Å². The van der Waals surface area contributed by atoms with E-state index < -0.39 is 0 Å². The van der Waals surface area contributed by atoms with Crippen LogP contribution in [0.1, 0.15) is 31.4 Å². The maximum absolute atomic E-state index is 11.9. The van der Waals surface area contributed by atoms with E-state index in [-0.39, 0.29) is 18.1 Å². The van der Waals surface area contributed by atoms with Crippen LogP contribution >= 0.6 is 0 Å². The third-order valence-electron chi connectivity index (χ3n) is 3.20. The first-order valence-electron chi connectivity index (χ1n) is 6.26. The molecular weight excluding hydrogens is 230 g/mol. The highest BCUT2D eigenvalue weighted by Gasteiger charge is 2.24. The Kier molecular flexibility index (Phi) is 4.20. The Morgan fingerprint density at radius 1 is 1.44 bits per heavy atom. The zero-order chi connectivity index (χ0) is 13.0. The van der Waals surface area contributed by atoms with Crippen LogP contribution in [0.5, 0.6) is 5.75 Å². The van der Waals surface area contributed by atoms with Crippen molar-refractivity contribution in [1.82, 2.24) is 5.32 Å². The van der Waals surface area contributed by atoms with Crippen molar-refractivity contribution in [2.24, 2.45) is 0 Å². The quantitative estimate of drug-likeness (QED) is 0.888. The van der Waals surface area contributed by atoms with Gasteiger partial charge < -0.3 is 14.8 Å². The lowest BCUT2D eigenvalue weighted by molar-refractivity contribution is -0.130. The monoisotopic (exact) mass is 249 g/mol. The Hall–Kier alpha value is -1.55. The molecule has 1 aliphatic rings. The Bertz CT molecular complexity index is 396. The maximum atomic E-state index is 11.9. The zero-order valence-electron chi connectivity index (χ0n) is 10.8. The lowest BCUT2D eigenvalue weighted by Crippen LogP contribution is -2.35. The number of carbonyl (C=O) groups excluding carboxylic acids is 1. The van der Waals surface area contributed by atoms with Crippen molar-refractivity contribution in [3.05, 3.63) is 29.8 Å². The molecule has 4 nitrogen and oxygen atoms in total. The fourth-order valence-electron chi connectivity index (χ4n) is 2.07. The van der Waals surface area contributed by atoms with Crippen molar-refractivity contribution < 1.29 is 14.3 Å². The molecule has 1 N–H and O–H groups in total. The first-order chi connectivity index (χ1) is 8.70. The fourth-order valence-corrected chi connectivity index (χ4v) is 2.07. The molecule has 2 rings (SSSR count). The van der Waals surface area contributed by atoms with Crippen LogP contribution in [-0.4, -0.2) is 25.7 Å². The fraction of sp³-hybridized carbons (Fsp3) is 0.500. The Morgan fingerprint density at radius 3 is 2.72 bits per heavy atom. The number of nitrogens with one attached hydrogen (secondary N) is 1. The topological polar surface area (TPSA) is 47.6 Å². The van der Waals surface area contributed by atoms with Crippen molar-refractivity contribution in [1.29, 1.82) is 0 Å². The molecule has 0 radical (unpaired) electrons. The molecule has 1 saturated heterocycles. The van der Waals surface area contributed by atoms with Crippen LogP contribution in [-0.2, 0) is 9.53 Å². The molecule has 2 atom stereocenters. The molecule has 1 aliphatic heterocycles. The van der Waals surface area contributed by atoms with Gasteiger partial charge in [0.25, 0.3) is 0 Å². The van der Waals surface area contributed by atoms with Gasteiger partial charge in [0, 0.05) is 6.61 Å². The van der Waals surface area contributed by atoms with Crippen LogP contribution in [0.4, 0.5) is 0 Å². The van der Waals surface area contributed by atoms with E-state index in [0.29, 0.717) is 6.61 Å². The molecule has 0 aromatic heterocycles. The second-order valence-electron chi connectivity index (χ2n) is 4.51. The van der Waals surface area contributed by atoms with E-state index in [2.05, 4.69) is 5.32 Å². The number of carbonyl (C=O) groups is 1. The highest BCUT2D eigenvalue weighted by atomic mass is 16.5. The molecule has 0 aliphatic carbocycles. The van der Waals surface area contributed by atoms with Gasteiger partial charge in [-0.3, -0.25) is 4.79 Å². The molecule has 18 heavy (non-hydrogen) atoms. The lowest BCUT2D eigenvalue weighted by Gasteiger charge is -2.17. The SMILES string of the molecule is COc1ccc(C(C)NC(=O)C2CCCO2)cc1. The van der Waals surface area contributed by atoms with E-state index in [0.717, 1.165) is 24.2 Å². The van der Waals surface area contributed by atoms with E-state index in [1.54, 1.807) is 7.11 Å². The number of ether oxygens (including phenoxy) is 2. The molecule has 1 heterocycles. The molecule has 1 fully saturated rings. The molecule has 2 unspecified atom stereocenters. The first-order valence-corrected chi connectivity index (χ1v) is 6.26. The Labute approximate surface area is 107 Å². The highest BCUT2D eigenvalue weighted by molar-refractivity contribution is 5.81. The summed E-state index contributed by atoms with van der Waals surface area (Å²) in [4.78, 5) is 11.9. The Morgan fingerprint density at radius 2 is 2.17 bits per heavy atom. The minimum absolute atomic E-state index is 0.0178. The summed E-state index contributed by atoms with van der Waals surface area (Å²) in [7, 11) is 1.64. The van der Waals surface area contributed by atoms with Crippen molar-refractivity contribution in [3.63, 3.8) is 0 Å². The summed E-state index contributed by atoms with van der Waals surface area (Å²) in [5.74, 6) is 0.798. The summed E-state index contributed by atoms with van der Waals surface area (Å²) in [5.41, 5.74) is 1.06. The van der Waals surface area contributed by atoms with Gasteiger partial charge in [-0.05, 0) is 37.5 Å². The summed E-state index contributed by atoms with van der Waals surface area (Å²) in [6.45, 7) is 2.66. The minimum atomic E-state index is -0.273. The standard InChI is InChI=1S/C14H19NO3/c1-10(11-5-7-12(17-2)8-6-11)15-14(16)13-4-3-9-18-13/h5-8,10,13H,3-4,9H2,1-2H3,(H,15,16).